The number of hydrogen-bond donors (Lipinski definition) is 1. The SMILES string of the molecule is CC(C)N1CCC(CNc2nnc(Cl)c3ccccc23)C1. The smallest absolute Gasteiger partial charge is 0.159 e. The topological polar surface area (TPSA) is 41.0 Å². The predicted octanol–water partition coefficient (Wildman–Crippen LogP) is 3.43. The van der Waals surface area contributed by atoms with Gasteiger partial charge in [-0.2, -0.15) is 0 Å². The Labute approximate surface area is 130 Å². The van der Waals surface area contributed by atoms with Crippen LogP contribution in [0.3, 0.4) is 0 Å². The van der Waals surface area contributed by atoms with E-state index in [9.17, 15) is 0 Å². The summed E-state index contributed by atoms with van der Waals surface area (Å²) in [5.74, 6) is 1.50. The average molecular weight is 305 g/mol. The molecule has 4 nitrogen and oxygen atoms in total. The van der Waals surface area contributed by atoms with Crippen LogP contribution in [0.5, 0.6) is 0 Å². The molecular weight excluding hydrogens is 284 g/mol. The minimum atomic E-state index is 0.461. The molecule has 1 atom stereocenters. The molecule has 112 valence electrons. The fourth-order valence-electron chi connectivity index (χ4n) is 2.94. The fraction of sp³-hybridized carbons (Fsp3) is 0.500. The average Bonchev–Trinajstić information content (AvgIpc) is 2.96. The number of rotatable bonds is 4. The Morgan fingerprint density at radius 2 is 2.05 bits per heavy atom. The van der Waals surface area contributed by atoms with Crippen molar-refractivity contribution < 1.29 is 0 Å². The summed E-state index contributed by atoms with van der Waals surface area (Å²) in [6.07, 6.45) is 1.24. The zero-order valence-electron chi connectivity index (χ0n) is 12.5. The molecular formula is C16H21ClN4. The van der Waals surface area contributed by atoms with Crippen molar-refractivity contribution in [2.45, 2.75) is 26.3 Å². The zero-order valence-corrected chi connectivity index (χ0v) is 13.3. The van der Waals surface area contributed by atoms with Crippen molar-refractivity contribution >= 4 is 28.2 Å². The molecule has 3 rings (SSSR count). The molecule has 0 saturated carbocycles. The number of halogens is 1. The summed E-state index contributed by atoms with van der Waals surface area (Å²) in [5.41, 5.74) is 0. The van der Waals surface area contributed by atoms with Gasteiger partial charge in [-0.1, -0.05) is 35.9 Å². The van der Waals surface area contributed by atoms with E-state index in [0.717, 1.165) is 29.7 Å². The van der Waals surface area contributed by atoms with Gasteiger partial charge in [0.2, 0.25) is 0 Å². The van der Waals surface area contributed by atoms with E-state index in [-0.39, 0.29) is 0 Å². The molecule has 1 aliphatic heterocycles. The first-order valence-corrected chi connectivity index (χ1v) is 7.92. The number of fused-ring (bicyclic) bond motifs is 1. The van der Waals surface area contributed by atoms with Gasteiger partial charge in [0.1, 0.15) is 0 Å². The Morgan fingerprint density at radius 3 is 2.76 bits per heavy atom. The Kier molecular flexibility index (Phi) is 4.27. The van der Waals surface area contributed by atoms with Gasteiger partial charge in [0.05, 0.1) is 0 Å². The lowest BCUT2D eigenvalue weighted by Gasteiger charge is -2.20. The summed E-state index contributed by atoms with van der Waals surface area (Å²) in [5, 5.41) is 14.2. The predicted molar refractivity (Wildman–Crippen MR) is 87.9 cm³/mol. The van der Waals surface area contributed by atoms with Crippen molar-refractivity contribution in [2.24, 2.45) is 5.92 Å². The van der Waals surface area contributed by atoms with Crippen molar-refractivity contribution in [2.75, 3.05) is 25.0 Å². The fourth-order valence-corrected chi connectivity index (χ4v) is 3.14. The molecule has 1 aromatic carbocycles. The third-order valence-electron chi connectivity index (χ3n) is 4.25. The standard InChI is InChI=1S/C16H21ClN4/c1-11(2)21-8-7-12(10-21)9-18-16-14-6-4-3-5-13(14)15(17)19-20-16/h3-6,11-12H,7-10H2,1-2H3,(H,18,20). The van der Waals surface area contributed by atoms with Crippen LogP contribution in [0.1, 0.15) is 20.3 Å². The Bertz CT molecular complexity index is 629. The second kappa shape index (κ2) is 6.16. The maximum Gasteiger partial charge on any atom is 0.159 e. The lowest BCUT2D eigenvalue weighted by Crippen LogP contribution is -2.29. The highest BCUT2D eigenvalue weighted by molar-refractivity contribution is 6.34. The van der Waals surface area contributed by atoms with Crippen molar-refractivity contribution in [3.8, 4) is 0 Å². The molecule has 1 fully saturated rings. The molecule has 2 heterocycles. The summed E-state index contributed by atoms with van der Waals surface area (Å²) in [4.78, 5) is 2.53. The molecule has 21 heavy (non-hydrogen) atoms. The first kappa shape index (κ1) is 14.5. The molecule has 5 heteroatoms. The molecule has 0 spiro atoms. The first-order chi connectivity index (χ1) is 10.1. The minimum Gasteiger partial charge on any atom is -0.368 e. The lowest BCUT2D eigenvalue weighted by atomic mass is 10.1. The number of hydrogen-bond acceptors (Lipinski definition) is 4. The Balaban J connectivity index is 1.70. The quantitative estimate of drug-likeness (QED) is 0.939. The number of nitrogens with zero attached hydrogens (tertiary/aromatic N) is 3. The van der Waals surface area contributed by atoms with Gasteiger partial charge in [-0.25, -0.2) is 0 Å². The van der Waals surface area contributed by atoms with Crippen LogP contribution < -0.4 is 5.32 Å². The summed E-state index contributed by atoms with van der Waals surface area (Å²) in [6.45, 7) is 7.80. The van der Waals surface area contributed by atoms with Crippen LogP contribution in [0.25, 0.3) is 10.8 Å². The number of benzene rings is 1. The van der Waals surface area contributed by atoms with E-state index in [4.69, 9.17) is 11.6 Å². The zero-order chi connectivity index (χ0) is 14.8. The number of nitrogens with one attached hydrogen (secondary N) is 1. The van der Waals surface area contributed by atoms with Crippen LogP contribution in [-0.2, 0) is 0 Å². The molecule has 1 N–H and O–H groups in total. The van der Waals surface area contributed by atoms with Gasteiger partial charge < -0.3 is 10.2 Å². The van der Waals surface area contributed by atoms with Crippen molar-refractivity contribution in [3.05, 3.63) is 29.4 Å². The third kappa shape index (κ3) is 3.11. The van der Waals surface area contributed by atoms with Crippen LogP contribution in [-0.4, -0.2) is 40.8 Å². The van der Waals surface area contributed by atoms with Crippen LogP contribution in [0.15, 0.2) is 24.3 Å². The molecule has 1 saturated heterocycles. The van der Waals surface area contributed by atoms with Gasteiger partial charge >= 0.3 is 0 Å². The van der Waals surface area contributed by atoms with Crippen molar-refractivity contribution in [1.29, 1.82) is 0 Å². The minimum absolute atomic E-state index is 0.461. The van der Waals surface area contributed by atoms with Crippen LogP contribution >= 0.6 is 11.6 Å². The van der Waals surface area contributed by atoms with E-state index in [2.05, 4.69) is 34.3 Å². The van der Waals surface area contributed by atoms with Gasteiger partial charge in [-0.3, -0.25) is 0 Å². The summed E-state index contributed by atoms with van der Waals surface area (Å²) in [6, 6.07) is 8.62. The molecule has 0 bridgehead atoms. The molecule has 1 aliphatic rings. The highest BCUT2D eigenvalue weighted by Crippen LogP contribution is 2.26. The van der Waals surface area contributed by atoms with Gasteiger partial charge in [0, 0.05) is 29.9 Å². The maximum absolute atomic E-state index is 6.10. The van der Waals surface area contributed by atoms with Crippen LogP contribution in [0.2, 0.25) is 5.15 Å². The highest BCUT2D eigenvalue weighted by atomic mass is 35.5. The lowest BCUT2D eigenvalue weighted by molar-refractivity contribution is 0.266. The summed E-state index contributed by atoms with van der Waals surface area (Å²) >= 11 is 6.10. The van der Waals surface area contributed by atoms with Gasteiger partial charge in [0.25, 0.3) is 0 Å². The van der Waals surface area contributed by atoms with Crippen molar-refractivity contribution in [3.63, 3.8) is 0 Å². The third-order valence-corrected chi connectivity index (χ3v) is 4.53. The second-order valence-corrected chi connectivity index (χ2v) is 6.37. The van der Waals surface area contributed by atoms with Gasteiger partial charge in [0.15, 0.2) is 11.0 Å². The maximum atomic E-state index is 6.10. The molecule has 2 aromatic rings. The van der Waals surface area contributed by atoms with E-state index in [0.29, 0.717) is 17.1 Å². The molecule has 0 amide bonds. The van der Waals surface area contributed by atoms with E-state index in [1.54, 1.807) is 0 Å². The number of aromatic nitrogens is 2. The highest BCUT2D eigenvalue weighted by Gasteiger charge is 2.24. The van der Waals surface area contributed by atoms with Crippen LogP contribution in [0.4, 0.5) is 5.82 Å². The molecule has 1 aromatic heterocycles. The first-order valence-electron chi connectivity index (χ1n) is 7.54. The number of anilines is 1. The molecule has 0 radical (unpaired) electrons. The largest absolute Gasteiger partial charge is 0.368 e. The second-order valence-electron chi connectivity index (χ2n) is 6.01. The van der Waals surface area contributed by atoms with Crippen molar-refractivity contribution in [1.82, 2.24) is 15.1 Å². The summed E-state index contributed by atoms with van der Waals surface area (Å²) in [7, 11) is 0. The Hall–Kier alpha value is -1.39. The Morgan fingerprint density at radius 1 is 1.29 bits per heavy atom. The van der Waals surface area contributed by atoms with E-state index in [1.165, 1.54) is 13.0 Å². The van der Waals surface area contributed by atoms with E-state index < -0.39 is 0 Å². The monoisotopic (exact) mass is 304 g/mol. The van der Waals surface area contributed by atoms with Crippen LogP contribution in [0, 0.1) is 5.92 Å². The molecule has 0 aliphatic carbocycles. The van der Waals surface area contributed by atoms with E-state index >= 15 is 0 Å². The number of likely N-dealkylation sites (tertiary alicyclic amines) is 1. The van der Waals surface area contributed by atoms with E-state index in [1.807, 2.05) is 24.3 Å². The molecule has 1 unspecified atom stereocenters. The van der Waals surface area contributed by atoms with Gasteiger partial charge in [-0.05, 0) is 32.7 Å². The summed E-state index contributed by atoms with van der Waals surface area (Å²) < 4.78 is 0. The van der Waals surface area contributed by atoms with Gasteiger partial charge in [-0.15, -0.1) is 10.2 Å². The normalized spacial score (nSPS) is 19.5.